The number of Topliss-reactive ketones (excluding diaryl/α,β-unsaturated/α-hetero) is 1. The molecule has 0 aliphatic carbocycles. The van der Waals surface area contributed by atoms with Gasteiger partial charge in [0.25, 0.3) is 0 Å². The molecule has 0 unspecified atom stereocenters. The number of phenolic OH excluding ortho intramolecular Hbond substituents is 2. The number of H-pyrrole nitrogens is 1. The summed E-state index contributed by atoms with van der Waals surface area (Å²) in [5.74, 6) is -0.579. The molecule has 4 rings (SSSR count). The molecule has 0 amide bonds. The minimum absolute atomic E-state index is 0.0727. The fraction of sp³-hybridized carbons (Fsp3) is 0. The highest BCUT2D eigenvalue weighted by molar-refractivity contribution is 14.1. The summed E-state index contributed by atoms with van der Waals surface area (Å²) >= 11 is 2.23. The first-order chi connectivity index (χ1) is 11.0. The smallest absolute Gasteiger partial charge is 0.235 e. The summed E-state index contributed by atoms with van der Waals surface area (Å²) in [4.78, 5) is 15.6. The monoisotopic (exact) mass is 419 g/mol. The van der Waals surface area contributed by atoms with Gasteiger partial charge in [-0.2, -0.15) is 0 Å². The molecule has 3 N–H and O–H groups in total. The molecule has 0 bridgehead atoms. The Morgan fingerprint density at radius 3 is 2.83 bits per heavy atom. The number of hydrogen-bond donors (Lipinski definition) is 3. The SMILES string of the molecule is O=C1C(=Cc2c[nH]c3ccc(I)cc23)Oc2cc(O)cc(O)c21. The lowest BCUT2D eigenvalue weighted by molar-refractivity contribution is 0.101. The van der Waals surface area contributed by atoms with Gasteiger partial charge in [-0.25, -0.2) is 0 Å². The highest BCUT2D eigenvalue weighted by Gasteiger charge is 2.31. The Labute approximate surface area is 144 Å². The standard InChI is InChI=1S/C17H10INO4/c18-9-1-2-12-11(4-9)8(7-19-12)3-15-17(22)16-13(21)5-10(20)6-14(16)23-15/h1-7,19-21H. The second kappa shape index (κ2) is 5.02. The maximum atomic E-state index is 12.4. The second-order valence-corrected chi connectivity index (χ2v) is 6.46. The van der Waals surface area contributed by atoms with Crippen LogP contribution in [0.1, 0.15) is 15.9 Å². The van der Waals surface area contributed by atoms with Crippen LogP contribution in [0.2, 0.25) is 0 Å². The number of aromatic nitrogens is 1. The molecule has 1 aliphatic rings. The van der Waals surface area contributed by atoms with E-state index < -0.39 is 5.78 Å². The molecule has 23 heavy (non-hydrogen) atoms. The Kier molecular flexibility index (Phi) is 3.08. The van der Waals surface area contributed by atoms with Crippen LogP contribution >= 0.6 is 22.6 Å². The number of halogens is 1. The summed E-state index contributed by atoms with van der Waals surface area (Å²) in [5, 5.41) is 20.3. The van der Waals surface area contributed by atoms with Crippen molar-refractivity contribution in [1.82, 2.24) is 4.98 Å². The van der Waals surface area contributed by atoms with Crippen LogP contribution in [0.25, 0.3) is 17.0 Å². The van der Waals surface area contributed by atoms with Crippen molar-refractivity contribution in [2.45, 2.75) is 0 Å². The molecule has 0 saturated carbocycles. The van der Waals surface area contributed by atoms with Gasteiger partial charge in [0.2, 0.25) is 5.78 Å². The number of carbonyl (C=O) groups excluding carboxylic acids is 1. The van der Waals surface area contributed by atoms with E-state index in [4.69, 9.17) is 4.74 Å². The molecule has 1 aromatic heterocycles. The van der Waals surface area contributed by atoms with Crippen LogP contribution in [0.15, 0.2) is 42.3 Å². The van der Waals surface area contributed by atoms with Gasteiger partial charge >= 0.3 is 0 Å². The van der Waals surface area contributed by atoms with E-state index >= 15 is 0 Å². The number of hydrogen-bond acceptors (Lipinski definition) is 4. The zero-order valence-corrected chi connectivity index (χ0v) is 13.8. The average Bonchev–Trinajstić information content (AvgIpc) is 3.01. The average molecular weight is 419 g/mol. The number of allylic oxidation sites excluding steroid dienone is 1. The number of ketones is 1. The summed E-state index contributed by atoms with van der Waals surface area (Å²) in [6.07, 6.45) is 3.43. The largest absolute Gasteiger partial charge is 0.508 e. The van der Waals surface area contributed by atoms with Crippen LogP contribution in [0.4, 0.5) is 0 Å². The molecular formula is C17H10INO4. The predicted octanol–water partition coefficient (Wildman–Crippen LogP) is 3.80. The summed E-state index contributed by atoms with van der Waals surface area (Å²) in [6, 6.07) is 8.40. The highest BCUT2D eigenvalue weighted by Crippen LogP contribution is 2.40. The molecule has 2 aromatic carbocycles. The lowest BCUT2D eigenvalue weighted by Crippen LogP contribution is -1.98. The van der Waals surface area contributed by atoms with Crippen molar-refractivity contribution in [1.29, 1.82) is 0 Å². The zero-order valence-electron chi connectivity index (χ0n) is 11.6. The first-order valence-corrected chi connectivity index (χ1v) is 7.87. The molecule has 3 aromatic rings. The number of rotatable bonds is 1. The first kappa shape index (κ1) is 14.1. The van der Waals surface area contributed by atoms with Gasteiger partial charge in [0, 0.05) is 38.4 Å². The first-order valence-electron chi connectivity index (χ1n) is 6.80. The second-order valence-electron chi connectivity index (χ2n) is 5.21. The van der Waals surface area contributed by atoms with Crippen molar-refractivity contribution in [2.75, 3.05) is 0 Å². The van der Waals surface area contributed by atoms with E-state index in [9.17, 15) is 15.0 Å². The van der Waals surface area contributed by atoms with Gasteiger partial charge in [-0.15, -0.1) is 0 Å². The molecule has 114 valence electrons. The lowest BCUT2D eigenvalue weighted by atomic mass is 10.1. The van der Waals surface area contributed by atoms with Crippen molar-refractivity contribution >= 4 is 45.4 Å². The normalized spacial score (nSPS) is 15.2. The minimum Gasteiger partial charge on any atom is -0.508 e. The molecule has 6 heteroatoms. The predicted molar refractivity (Wildman–Crippen MR) is 93.7 cm³/mol. The Morgan fingerprint density at radius 2 is 2.00 bits per heavy atom. The van der Waals surface area contributed by atoms with Crippen LogP contribution in [0.5, 0.6) is 17.2 Å². The Hall–Kier alpha value is -2.48. The zero-order chi connectivity index (χ0) is 16.1. The number of aromatic amines is 1. The summed E-state index contributed by atoms with van der Waals surface area (Å²) in [6.45, 7) is 0. The van der Waals surface area contributed by atoms with E-state index in [0.29, 0.717) is 0 Å². The van der Waals surface area contributed by atoms with Gasteiger partial charge in [0.15, 0.2) is 5.76 Å². The van der Waals surface area contributed by atoms with E-state index in [1.807, 2.05) is 18.2 Å². The summed E-state index contributed by atoms with van der Waals surface area (Å²) < 4.78 is 6.59. The Bertz CT molecular complexity index is 1000. The van der Waals surface area contributed by atoms with Crippen LogP contribution in [0.3, 0.4) is 0 Å². The number of benzene rings is 2. The molecule has 5 nitrogen and oxygen atoms in total. The molecule has 0 spiro atoms. The van der Waals surface area contributed by atoms with E-state index in [-0.39, 0.29) is 28.6 Å². The van der Waals surface area contributed by atoms with Crippen molar-refractivity contribution in [3.05, 3.63) is 57.0 Å². The molecular weight excluding hydrogens is 409 g/mol. The van der Waals surface area contributed by atoms with Crippen LogP contribution in [-0.2, 0) is 0 Å². The third-order valence-electron chi connectivity index (χ3n) is 3.70. The van der Waals surface area contributed by atoms with Crippen molar-refractivity contribution in [3.8, 4) is 17.2 Å². The van der Waals surface area contributed by atoms with E-state index in [2.05, 4.69) is 27.6 Å². The Morgan fingerprint density at radius 1 is 1.17 bits per heavy atom. The number of aromatic hydroxyl groups is 2. The van der Waals surface area contributed by atoms with Crippen molar-refractivity contribution in [2.24, 2.45) is 0 Å². The van der Waals surface area contributed by atoms with E-state index in [1.54, 1.807) is 12.3 Å². The van der Waals surface area contributed by atoms with E-state index in [0.717, 1.165) is 26.1 Å². The number of carbonyl (C=O) groups is 1. The topological polar surface area (TPSA) is 82.6 Å². The maximum Gasteiger partial charge on any atom is 0.235 e. The van der Waals surface area contributed by atoms with Crippen LogP contribution < -0.4 is 4.74 Å². The number of nitrogens with one attached hydrogen (secondary N) is 1. The van der Waals surface area contributed by atoms with Crippen molar-refractivity contribution < 1.29 is 19.7 Å². The fourth-order valence-corrected chi connectivity index (χ4v) is 3.14. The van der Waals surface area contributed by atoms with Gasteiger partial charge in [0.1, 0.15) is 22.8 Å². The Balaban J connectivity index is 1.82. The molecule has 2 heterocycles. The van der Waals surface area contributed by atoms with Gasteiger partial charge in [-0.05, 0) is 46.9 Å². The third-order valence-corrected chi connectivity index (χ3v) is 4.37. The number of ether oxygens (including phenoxy) is 1. The molecule has 0 atom stereocenters. The highest BCUT2D eigenvalue weighted by atomic mass is 127. The maximum absolute atomic E-state index is 12.4. The van der Waals surface area contributed by atoms with Gasteiger partial charge in [-0.1, -0.05) is 0 Å². The molecule has 0 saturated heterocycles. The van der Waals surface area contributed by atoms with Gasteiger partial charge < -0.3 is 19.9 Å². The number of phenols is 2. The third kappa shape index (κ3) is 2.26. The van der Waals surface area contributed by atoms with Crippen LogP contribution in [-0.4, -0.2) is 21.0 Å². The molecule has 0 radical (unpaired) electrons. The number of fused-ring (bicyclic) bond motifs is 2. The summed E-state index contributed by atoms with van der Waals surface area (Å²) in [5.41, 5.74) is 1.85. The molecule has 0 fully saturated rings. The van der Waals surface area contributed by atoms with E-state index in [1.165, 1.54) is 6.07 Å². The lowest BCUT2D eigenvalue weighted by Gasteiger charge is -2.00. The minimum atomic E-state index is -0.405. The quantitative estimate of drug-likeness (QED) is 0.414. The van der Waals surface area contributed by atoms with Crippen LogP contribution in [0, 0.1) is 3.57 Å². The van der Waals surface area contributed by atoms with Gasteiger partial charge in [0.05, 0.1) is 0 Å². The molecule has 1 aliphatic heterocycles. The summed E-state index contributed by atoms with van der Waals surface area (Å²) in [7, 11) is 0. The fourth-order valence-electron chi connectivity index (χ4n) is 2.65. The van der Waals surface area contributed by atoms with Gasteiger partial charge in [-0.3, -0.25) is 4.79 Å². The van der Waals surface area contributed by atoms with Crippen molar-refractivity contribution in [3.63, 3.8) is 0 Å².